The van der Waals surface area contributed by atoms with Crippen LogP contribution in [0.5, 0.6) is 5.75 Å². The van der Waals surface area contributed by atoms with Crippen LogP contribution in [0.1, 0.15) is 24.7 Å². The van der Waals surface area contributed by atoms with E-state index in [0.717, 1.165) is 17.7 Å². The summed E-state index contributed by atoms with van der Waals surface area (Å²) in [5.41, 5.74) is 1.32. The number of para-hydroxylation sites is 1. The maximum Gasteiger partial charge on any atom is 0.259 e. The zero-order valence-electron chi connectivity index (χ0n) is 13.3. The maximum absolute atomic E-state index is 12.1. The van der Waals surface area contributed by atoms with Crippen LogP contribution in [0.3, 0.4) is 0 Å². The molecular weight excluding hydrogens is 324 g/mol. The number of nitrogens with zero attached hydrogens (tertiary/aromatic N) is 1. The predicted octanol–water partition coefficient (Wildman–Crippen LogP) is 4.45. The van der Waals surface area contributed by atoms with Crippen molar-refractivity contribution >= 4 is 33.6 Å². The second-order valence-electron chi connectivity index (χ2n) is 5.34. The molecule has 0 bridgehead atoms. The fraction of sp³-hybridized carbons (Fsp3) is 0.158. The van der Waals surface area contributed by atoms with Crippen LogP contribution in [0.4, 0.5) is 0 Å². The highest BCUT2D eigenvalue weighted by atomic mass is 35.5. The van der Waals surface area contributed by atoms with E-state index in [1.54, 1.807) is 24.3 Å². The van der Waals surface area contributed by atoms with Crippen molar-refractivity contribution in [3.63, 3.8) is 0 Å². The number of benzene rings is 2. The van der Waals surface area contributed by atoms with Gasteiger partial charge in [0, 0.05) is 0 Å². The molecule has 1 aromatic heterocycles. The van der Waals surface area contributed by atoms with E-state index in [9.17, 15) is 4.79 Å². The van der Waals surface area contributed by atoms with Gasteiger partial charge in [-0.15, -0.1) is 0 Å². The molecule has 24 heavy (non-hydrogen) atoms. The van der Waals surface area contributed by atoms with E-state index < -0.39 is 0 Å². The molecule has 0 amide bonds. The first kappa shape index (κ1) is 16.3. The highest BCUT2D eigenvalue weighted by Crippen LogP contribution is 2.21. The third kappa shape index (κ3) is 3.66. The summed E-state index contributed by atoms with van der Waals surface area (Å²) in [6, 6.07) is 14.8. The van der Waals surface area contributed by atoms with Crippen LogP contribution in [-0.2, 0) is 0 Å². The van der Waals surface area contributed by atoms with E-state index in [-0.39, 0.29) is 5.56 Å². The number of rotatable bonds is 5. The lowest BCUT2D eigenvalue weighted by Crippen LogP contribution is -2.10. The summed E-state index contributed by atoms with van der Waals surface area (Å²) in [5.74, 6) is 1.18. The summed E-state index contributed by atoms with van der Waals surface area (Å²) in [5, 5.41) is 0.920. The molecule has 0 spiro atoms. The molecule has 0 aliphatic heterocycles. The lowest BCUT2D eigenvalue weighted by Gasteiger charge is -2.05. The Labute approximate surface area is 144 Å². The zero-order valence-corrected chi connectivity index (χ0v) is 14.0. The van der Waals surface area contributed by atoms with E-state index in [0.29, 0.717) is 28.4 Å². The minimum Gasteiger partial charge on any atom is -0.494 e. The van der Waals surface area contributed by atoms with Crippen molar-refractivity contribution in [1.29, 1.82) is 0 Å². The molecule has 3 aromatic rings. The number of aromatic amines is 1. The van der Waals surface area contributed by atoms with Crippen molar-refractivity contribution in [3.05, 3.63) is 70.3 Å². The number of halogens is 1. The summed E-state index contributed by atoms with van der Waals surface area (Å²) in [7, 11) is 0. The normalized spacial score (nSPS) is 11.7. The van der Waals surface area contributed by atoms with E-state index in [1.165, 1.54) is 0 Å². The minimum atomic E-state index is -0.203. The topological polar surface area (TPSA) is 55.0 Å². The Hall–Kier alpha value is -2.59. The van der Waals surface area contributed by atoms with Crippen LogP contribution in [0, 0.1) is 0 Å². The Morgan fingerprint density at radius 2 is 1.96 bits per heavy atom. The van der Waals surface area contributed by atoms with Gasteiger partial charge in [0.15, 0.2) is 5.82 Å². The molecule has 1 N–H and O–H groups in total. The van der Waals surface area contributed by atoms with Gasteiger partial charge in [0.1, 0.15) is 5.75 Å². The highest BCUT2D eigenvalue weighted by molar-refractivity contribution is 6.50. The van der Waals surface area contributed by atoms with Gasteiger partial charge in [0.25, 0.3) is 5.56 Å². The van der Waals surface area contributed by atoms with Gasteiger partial charge in [-0.25, -0.2) is 4.98 Å². The number of hydrogen-bond donors (Lipinski definition) is 1. The van der Waals surface area contributed by atoms with Gasteiger partial charge in [0.2, 0.25) is 0 Å². The van der Waals surface area contributed by atoms with Gasteiger partial charge in [-0.1, -0.05) is 42.8 Å². The van der Waals surface area contributed by atoms with E-state index in [1.807, 2.05) is 30.3 Å². The highest BCUT2D eigenvalue weighted by Gasteiger charge is 2.06. The molecule has 0 fully saturated rings. The number of hydrogen-bond acceptors (Lipinski definition) is 3. The SMILES string of the molecule is CCCOc1ccc(/C=C(\Cl)c2nc3ccccc3c(=O)[nH]2)cc1. The molecule has 0 radical (unpaired) electrons. The third-order valence-electron chi connectivity index (χ3n) is 3.49. The first-order chi connectivity index (χ1) is 11.7. The number of H-pyrrole nitrogens is 1. The van der Waals surface area contributed by atoms with Gasteiger partial charge in [0.05, 0.1) is 22.5 Å². The summed E-state index contributed by atoms with van der Waals surface area (Å²) in [6.07, 6.45) is 2.73. The van der Waals surface area contributed by atoms with Gasteiger partial charge in [-0.05, 0) is 42.3 Å². The number of aromatic nitrogens is 2. The largest absolute Gasteiger partial charge is 0.494 e. The molecule has 0 unspecified atom stereocenters. The Kier molecular flexibility index (Phi) is 4.96. The lowest BCUT2D eigenvalue weighted by atomic mass is 10.2. The lowest BCUT2D eigenvalue weighted by molar-refractivity contribution is 0.317. The Bertz CT molecular complexity index is 930. The first-order valence-electron chi connectivity index (χ1n) is 7.77. The average molecular weight is 341 g/mol. The van der Waals surface area contributed by atoms with E-state index in [2.05, 4.69) is 16.9 Å². The Balaban J connectivity index is 1.89. The molecule has 5 heteroatoms. The van der Waals surface area contributed by atoms with Gasteiger partial charge >= 0.3 is 0 Å². The minimum absolute atomic E-state index is 0.203. The Morgan fingerprint density at radius 3 is 2.71 bits per heavy atom. The van der Waals surface area contributed by atoms with Crippen molar-refractivity contribution in [2.75, 3.05) is 6.61 Å². The molecule has 1 heterocycles. The van der Waals surface area contributed by atoms with Gasteiger partial charge in [-0.3, -0.25) is 4.79 Å². The molecule has 0 saturated carbocycles. The summed E-state index contributed by atoms with van der Waals surface area (Å²) >= 11 is 6.33. The first-order valence-corrected chi connectivity index (χ1v) is 8.14. The van der Waals surface area contributed by atoms with Crippen molar-refractivity contribution in [1.82, 2.24) is 9.97 Å². The second kappa shape index (κ2) is 7.32. The second-order valence-corrected chi connectivity index (χ2v) is 5.75. The summed E-state index contributed by atoms with van der Waals surface area (Å²) in [6.45, 7) is 2.76. The monoisotopic (exact) mass is 340 g/mol. The molecule has 2 aromatic carbocycles. The van der Waals surface area contributed by atoms with Crippen LogP contribution < -0.4 is 10.3 Å². The quantitative estimate of drug-likeness (QED) is 0.746. The Morgan fingerprint density at radius 1 is 1.21 bits per heavy atom. The molecular formula is C19H17ClN2O2. The molecule has 0 atom stereocenters. The van der Waals surface area contributed by atoms with Crippen molar-refractivity contribution in [2.24, 2.45) is 0 Å². The maximum atomic E-state index is 12.1. The van der Waals surface area contributed by atoms with E-state index in [4.69, 9.17) is 16.3 Å². The number of nitrogens with one attached hydrogen (secondary N) is 1. The van der Waals surface area contributed by atoms with Gasteiger partial charge < -0.3 is 9.72 Å². The molecule has 4 nitrogen and oxygen atoms in total. The van der Waals surface area contributed by atoms with Crippen molar-refractivity contribution in [2.45, 2.75) is 13.3 Å². The van der Waals surface area contributed by atoms with Gasteiger partial charge in [-0.2, -0.15) is 0 Å². The van der Waals surface area contributed by atoms with Crippen LogP contribution in [-0.4, -0.2) is 16.6 Å². The molecule has 122 valence electrons. The standard InChI is InChI=1S/C19H17ClN2O2/c1-2-11-24-14-9-7-13(8-10-14)12-16(20)18-21-17-6-4-3-5-15(17)19(23)22-18/h3-10,12H,2,11H2,1H3,(H,21,22,23)/b16-12-. The van der Waals surface area contributed by atoms with Crippen LogP contribution in [0.25, 0.3) is 22.0 Å². The van der Waals surface area contributed by atoms with Crippen LogP contribution >= 0.6 is 11.6 Å². The third-order valence-corrected chi connectivity index (χ3v) is 3.77. The van der Waals surface area contributed by atoms with Crippen LogP contribution in [0.2, 0.25) is 0 Å². The summed E-state index contributed by atoms with van der Waals surface area (Å²) < 4.78 is 5.55. The fourth-order valence-electron chi connectivity index (χ4n) is 2.29. The van der Waals surface area contributed by atoms with Crippen molar-refractivity contribution < 1.29 is 4.74 Å². The van der Waals surface area contributed by atoms with E-state index >= 15 is 0 Å². The zero-order chi connectivity index (χ0) is 16.9. The summed E-state index contributed by atoms with van der Waals surface area (Å²) in [4.78, 5) is 19.2. The molecule has 0 aliphatic rings. The molecule has 0 aliphatic carbocycles. The predicted molar refractivity (Wildman–Crippen MR) is 98.3 cm³/mol. The fourth-order valence-corrected chi connectivity index (χ4v) is 2.51. The number of ether oxygens (including phenoxy) is 1. The van der Waals surface area contributed by atoms with Crippen LogP contribution in [0.15, 0.2) is 53.3 Å². The average Bonchev–Trinajstić information content (AvgIpc) is 2.61. The number of fused-ring (bicyclic) bond motifs is 1. The molecule has 0 saturated heterocycles. The van der Waals surface area contributed by atoms with Crippen molar-refractivity contribution in [3.8, 4) is 5.75 Å². The smallest absolute Gasteiger partial charge is 0.259 e. The molecule has 3 rings (SSSR count).